The Morgan fingerprint density at radius 1 is 1.29 bits per heavy atom. The maximum Gasteiger partial charge on any atom is 0.408 e. The fraction of sp³-hybridized carbons (Fsp3) is 0.571. The average molecular weight is 317 g/mol. The molecule has 0 radical (unpaired) electrons. The molecule has 0 aromatic carbocycles. The van der Waals surface area contributed by atoms with Crippen LogP contribution in [0.15, 0.2) is 23.6 Å². The third-order valence-electron chi connectivity index (χ3n) is 2.25. The lowest BCUT2D eigenvalue weighted by molar-refractivity contribution is -0.142. The van der Waals surface area contributed by atoms with E-state index < -0.39 is 34.5 Å². The Bertz CT molecular complexity index is 464. The van der Waals surface area contributed by atoms with Gasteiger partial charge in [0.2, 0.25) is 0 Å². The van der Waals surface area contributed by atoms with Gasteiger partial charge in [-0.3, -0.25) is 4.21 Å². The van der Waals surface area contributed by atoms with Crippen molar-refractivity contribution >= 4 is 22.9 Å². The molecule has 0 aromatic heterocycles. The lowest BCUT2D eigenvalue weighted by Gasteiger charge is -2.22. The molecule has 1 N–H and O–H groups in total. The first-order valence-corrected chi connectivity index (χ1v) is 7.60. The van der Waals surface area contributed by atoms with Crippen molar-refractivity contribution in [2.75, 3.05) is 12.9 Å². The van der Waals surface area contributed by atoms with Crippen LogP contribution in [0.4, 0.5) is 4.79 Å². The summed E-state index contributed by atoms with van der Waals surface area (Å²) in [5.74, 6) is -0.860. The topological polar surface area (TPSA) is 81.7 Å². The van der Waals surface area contributed by atoms with E-state index in [9.17, 15) is 13.8 Å². The minimum absolute atomic E-state index is 0.155. The molecule has 0 unspecified atom stereocenters. The summed E-state index contributed by atoms with van der Waals surface area (Å²) in [6.45, 7) is 14.0. The van der Waals surface area contributed by atoms with Crippen LogP contribution in [-0.2, 0) is 25.1 Å². The molecular formula is C14H23NO5S. The molecule has 6 nitrogen and oxygen atoms in total. The zero-order valence-corrected chi connectivity index (χ0v) is 14.0. The van der Waals surface area contributed by atoms with Crippen LogP contribution < -0.4 is 5.32 Å². The molecule has 0 saturated carbocycles. The Labute approximate surface area is 128 Å². The number of rotatable bonds is 6. The predicted octanol–water partition coefficient (Wildman–Crippen LogP) is 1.89. The molecule has 120 valence electrons. The number of alkyl carbamates (subject to hydrolysis) is 1. The predicted molar refractivity (Wildman–Crippen MR) is 82.1 cm³/mol. The SMILES string of the molecule is C=C(C)C(=C)[S@@](=O)C[C@H](NC(=O)OC(C)(C)C)C(=O)OC. The summed E-state index contributed by atoms with van der Waals surface area (Å²) < 4.78 is 21.7. The normalized spacial score (nSPS) is 13.8. The van der Waals surface area contributed by atoms with Crippen LogP contribution in [0.25, 0.3) is 0 Å². The largest absolute Gasteiger partial charge is 0.467 e. The van der Waals surface area contributed by atoms with Crippen LogP contribution >= 0.6 is 0 Å². The van der Waals surface area contributed by atoms with E-state index in [1.54, 1.807) is 27.7 Å². The highest BCUT2D eigenvalue weighted by molar-refractivity contribution is 7.89. The molecular weight excluding hydrogens is 294 g/mol. The van der Waals surface area contributed by atoms with E-state index in [-0.39, 0.29) is 5.75 Å². The van der Waals surface area contributed by atoms with Gasteiger partial charge in [-0.15, -0.1) is 0 Å². The van der Waals surface area contributed by atoms with Gasteiger partial charge in [0.1, 0.15) is 11.6 Å². The van der Waals surface area contributed by atoms with E-state index in [0.29, 0.717) is 10.5 Å². The number of esters is 1. The Balaban J connectivity index is 4.87. The second-order valence-corrected chi connectivity index (χ2v) is 6.95. The number of methoxy groups -OCH3 is 1. The summed E-state index contributed by atoms with van der Waals surface area (Å²) in [7, 11) is -0.369. The summed E-state index contributed by atoms with van der Waals surface area (Å²) in [6.07, 6.45) is -0.782. The van der Waals surface area contributed by atoms with Gasteiger partial charge in [-0.25, -0.2) is 9.59 Å². The van der Waals surface area contributed by atoms with Crippen molar-refractivity contribution in [1.82, 2.24) is 5.32 Å². The van der Waals surface area contributed by atoms with E-state index in [4.69, 9.17) is 4.74 Å². The van der Waals surface area contributed by atoms with Crippen LogP contribution in [0.2, 0.25) is 0 Å². The molecule has 0 rings (SSSR count). The molecule has 1 amide bonds. The number of carbonyl (C=O) groups is 2. The first-order chi connectivity index (χ1) is 9.47. The molecule has 0 aromatic rings. The van der Waals surface area contributed by atoms with Gasteiger partial charge in [0.25, 0.3) is 0 Å². The molecule has 0 spiro atoms. The van der Waals surface area contributed by atoms with Gasteiger partial charge in [-0.05, 0) is 33.3 Å². The van der Waals surface area contributed by atoms with Gasteiger partial charge in [0, 0.05) is 4.91 Å². The minimum atomic E-state index is -1.55. The summed E-state index contributed by atoms with van der Waals surface area (Å²) in [4.78, 5) is 23.7. The Hall–Kier alpha value is -1.63. The van der Waals surface area contributed by atoms with Crippen molar-refractivity contribution < 1.29 is 23.3 Å². The zero-order valence-electron chi connectivity index (χ0n) is 13.1. The van der Waals surface area contributed by atoms with Crippen molar-refractivity contribution in [2.45, 2.75) is 39.3 Å². The first-order valence-electron chi connectivity index (χ1n) is 6.28. The van der Waals surface area contributed by atoms with Gasteiger partial charge in [-0.1, -0.05) is 13.2 Å². The van der Waals surface area contributed by atoms with Crippen LogP contribution in [0.5, 0.6) is 0 Å². The van der Waals surface area contributed by atoms with Crippen LogP contribution in [-0.4, -0.2) is 40.8 Å². The molecule has 2 atom stereocenters. The summed E-state index contributed by atoms with van der Waals surface area (Å²) in [5, 5.41) is 2.35. The minimum Gasteiger partial charge on any atom is -0.467 e. The smallest absolute Gasteiger partial charge is 0.408 e. The quantitative estimate of drug-likeness (QED) is 0.597. The lowest BCUT2D eigenvalue weighted by atomic mass is 10.2. The number of hydrogen-bond donors (Lipinski definition) is 1. The second kappa shape index (κ2) is 7.97. The van der Waals surface area contributed by atoms with Gasteiger partial charge in [0.15, 0.2) is 0 Å². The first kappa shape index (κ1) is 19.4. The Morgan fingerprint density at radius 3 is 2.19 bits per heavy atom. The summed E-state index contributed by atoms with van der Waals surface area (Å²) >= 11 is 0. The van der Waals surface area contributed by atoms with Crippen molar-refractivity contribution in [3.63, 3.8) is 0 Å². The number of nitrogens with one attached hydrogen (secondary N) is 1. The van der Waals surface area contributed by atoms with E-state index >= 15 is 0 Å². The standard InChI is InChI=1S/C14H23NO5S/c1-9(2)10(3)21(18)8-11(12(16)19-7)15-13(17)20-14(4,5)6/h11H,1,3,8H2,2,4-7H3,(H,15,17)/t11-,21-/m0/s1. The van der Waals surface area contributed by atoms with Crippen LogP contribution in [0, 0.1) is 0 Å². The maximum absolute atomic E-state index is 12.0. The molecule has 0 aliphatic heterocycles. The van der Waals surface area contributed by atoms with Crippen molar-refractivity contribution in [3.8, 4) is 0 Å². The van der Waals surface area contributed by atoms with Gasteiger partial charge >= 0.3 is 12.1 Å². The third kappa shape index (κ3) is 7.65. The number of carbonyl (C=O) groups excluding carboxylic acids is 2. The van der Waals surface area contributed by atoms with Gasteiger partial charge in [-0.2, -0.15) is 0 Å². The second-order valence-electron chi connectivity index (χ2n) is 5.44. The van der Waals surface area contributed by atoms with E-state index in [1.807, 2.05) is 0 Å². The number of ether oxygens (including phenoxy) is 2. The van der Waals surface area contributed by atoms with Crippen LogP contribution in [0.3, 0.4) is 0 Å². The average Bonchev–Trinajstić information content (AvgIpc) is 2.33. The Kier molecular flexibility index (Phi) is 7.35. The summed E-state index contributed by atoms with van der Waals surface area (Å²) in [5.41, 5.74) is -0.153. The molecule has 7 heteroatoms. The van der Waals surface area contributed by atoms with E-state index in [1.165, 1.54) is 7.11 Å². The highest BCUT2D eigenvalue weighted by Crippen LogP contribution is 2.12. The highest BCUT2D eigenvalue weighted by Gasteiger charge is 2.27. The fourth-order valence-electron chi connectivity index (χ4n) is 1.21. The Morgan fingerprint density at radius 2 is 1.81 bits per heavy atom. The molecule has 0 saturated heterocycles. The monoisotopic (exact) mass is 317 g/mol. The van der Waals surface area contributed by atoms with Gasteiger partial charge in [0.05, 0.1) is 23.7 Å². The van der Waals surface area contributed by atoms with Crippen LogP contribution in [0.1, 0.15) is 27.7 Å². The van der Waals surface area contributed by atoms with E-state index in [2.05, 4.69) is 23.2 Å². The molecule has 0 aliphatic rings. The fourth-order valence-corrected chi connectivity index (χ4v) is 2.32. The molecule has 0 aliphatic carbocycles. The molecule has 0 fully saturated rings. The number of hydrogen-bond acceptors (Lipinski definition) is 5. The number of allylic oxidation sites excluding steroid dienone is 1. The maximum atomic E-state index is 12.0. The molecule has 0 heterocycles. The summed E-state index contributed by atoms with van der Waals surface area (Å²) in [6, 6.07) is -1.08. The van der Waals surface area contributed by atoms with Crippen molar-refractivity contribution in [2.24, 2.45) is 0 Å². The van der Waals surface area contributed by atoms with Gasteiger partial charge < -0.3 is 14.8 Å². The zero-order chi connectivity index (χ0) is 16.8. The highest BCUT2D eigenvalue weighted by atomic mass is 32.2. The lowest BCUT2D eigenvalue weighted by Crippen LogP contribution is -2.47. The van der Waals surface area contributed by atoms with E-state index in [0.717, 1.165) is 0 Å². The third-order valence-corrected chi connectivity index (χ3v) is 3.78. The number of amides is 1. The molecule has 21 heavy (non-hydrogen) atoms. The molecule has 0 bridgehead atoms. The van der Waals surface area contributed by atoms with Crippen molar-refractivity contribution in [3.05, 3.63) is 23.6 Å². The van der Waals surface area contributed by atoms with Crippen molar-refractivity contribution in [1.29, 1.82) is 0 Å².